The fourth-order valence-electron chi connectivity index (χ4n) is 10.0. The molecule has 0 unspecified atom stereocenters. The van der Waals surface area contributed by atoms with Crippen LogP contribution in [0.5, 0.6) is 0 Å². The topological polar surface area (TPSA) is 29.5 Å². The van der Waals surface area contributed by atoms with Crippen molar-refractivity contribution in [3.63, 3.8) is 0 Å². The van der Waals surface area contributed by atoms with Gasteiger partial charge in [0.2, 0.25) is 0 Å². The zero-order valence-corrected chi connectivity index (χ0v) is 36.4. The maximum absolute atomic E-state index is 6.43. The zero-order valence-electron chi connectivity index (χ0n) is 36.4. The van der Waals surface area contributed by atoms with Gasteiger partial charge in [-0.15, -0.1) is 0 Å². The number of furan rings is 2. The summed E-state index contributed by atoms with van der Waals surface area (Å²) in [6.45, 7) is 0. The van der Waals surface area contributed by atoms with Crippen LogP contribution in [0.3, 0.4) is 0 Å². The fourth-order valence-corrected chi connectivity index (χ4v) is 10.0. The van der Waals surface area contributed by atoms with Crippen LogP contribution in [0, 0.1) is 0 Å². The normalized spacial score (nSPS) is 11.6. The molecule has 2 heterocycles. The Morgan fingerprint density at radius 1 is 0.239 bits per heavy atom. The highest BCUT2D eigenvalue weighted by atomic mass is 16.3. The third-order valence-electron chi connectivity index (χ3n) is 13.3. The highest BCUT2D eigenvalue weighted by Crippen LogP contribution is 2.42. The molecular formula is C64H41NO2. The Hall–Kier alpha value is -8.92. The lowest BCUT2D eigenvalue weighted by molar-refractivity contribution is 0.669. The van der Waals surface area contributed by atoms with Crippen LogP contribution in [0.15, 0.2) is 258 Å². The second-order valence-corrected chi connectivity index (χ2v) is 17.2. The first-order valence-electron chi connectivity index (χ1n) is 22.8. The van der Waals surface area contributed by atoms with Crippen LogP contribution >= 0.6 is 0 Å². The lowest BCUT2D eigenvalue weighted by Gasteiger charge is -2.26. The van der Waals surface area contributed by atoms with Crippen molar-refractivity contribution in [2.24, 2.45) is 0 Å². The number of nitrogens with zero attached hydrogens (tertiary/aromatic N) is 1. The fraction of sp³-hybridized carbons (Fsp3) is 0. The van der Waals surface area contributed by atoms with Crippen LogP contribution in [0.1, 0.15) is 0 Å². The molecule has 0 aliphatic rings. The van der Waals surface area contributed by atoms with Gasteiger partial charge in [0, 0.05) is 49.7 Å². The molecule has 2 aromatic heterocycles. The molecular weight excluding hydrogens is 815 g/mol. The van der Waals surface area contributed by atoms with E-state index in [0.717, 1.165) is 105 Å². The Bertz CT molecular complexity index is 3760. The third kappa shape index (κ3) is 6.76. The molecule has 0 aliphatic carbocycles. The number of fused-ring (bicyclic) bond motifs is 7. The summed E-state index contributed by atoms with van der Waals surface area (Å²) in [5.74, 6) is 0. The van der Waals surface area contributed by atoms with Crippen LogP contribution in [0.4, 0.5) is 17.1 Å². The summed E-state index contributed by atoms with van der Waals surface area (Å²) in [6, 6.07) is 88.9. The number of benzene rings is 11. The van der Waals surface area contributed by atoms with E-state index in [9.17, 15) is 0 Å². The number of hydrogen-bond acceptors (Lipinski definition) is 3. The van der Waals surface area contributed by atoms with Crippen LogP contribution in [-0.4, -0.2) is 0 Å². The maximum Gasteiger partial charge on any atom is 0.143 e. The molecule has 13 rings (SSSR count). The van der Waals surface area contributed by atoms with E-state index >= 15 is 0 Å². The Morgan fingerprint density at radius 2 is 0.612 bits per heavy atom. The molecule has 3 nitrogen and oxygen atoms in total. The van der Waals surface area contributed by atoms with Crippen molar-refractivity contribution in [1.29, 1.82) is 0 Å². The second kappa shape index (κ2) is 16.0. The molecule has 3 heteroatoms. The predicted octanol–water partition coefficient (Wildman–Crippen LogP) is 18.4. The summed E-state index contributed by atoms with van der Waals surface area (Å²) < 4.78 is 12.9. The number of anilines is 3. The van der Waals surface area contributed by atoms with Crippen molar-refractivity contribution in [2.75, 3.05) is 4.90 Å². The van der Waals surface area contributed by atoms with Gasteiger partial charge < -0.3 is 13.7 Å². The molecule has 0 spiro atoms. The standard InChI is InChI=1S/C64H41NO2/c1-2-18-53-44(12-1)13-9-21-54(53)45-32-38-52(39-33-45)65(50-34-28-42(29-35-50)46-14-7-16-48(40-46)55-22-10-24-59-57-19-3-5-26-61(57)66-63(55)59)51-36-30-43(31-37-51)47-15-8-17-49(41-47)56-23-11-25-60-58-20-4-6-27-62(58)67-64(56)60/h1-41H. The van der Waals surface area contributed by atoms with E-state index in [1.54, 1.807) is 0 Å². The van der Waals surface area contributed by atoms with Gasteiger partial charge in [-0.2, -0.15) is 0 Å². The van der Waals surface area contributed by atoms with Crippen molar-refractivity contribution in [2.45, 2.75) is 0 Å². The van der Waals surface area contributed by atoms with Gasteiger partial charge in [-0.25, -0.2) is 0 Å². The summed E-state index contributed by atoms with van der Waals surface area (Å²) in [7, 11) is 0. The Labute approximate surface area is 388 Å². The monoisotopic (exact) mass is 855 g/mol. The summed E-state index contributed by atoms with van der Waals surface area (Å²) >= 11 is 0. The molecule has 0 fully saturated rings. The smallest absolute Gasteiger partial charge is 0.143 e. The van der Waals surface area contributed by atoms with E-state index in [4.69, 9.17) is 8.83 Å². The summed E-state index contributed by atoms with van der Waals surface area (Å²) in [5, 5.41) is 7.02. The van der Waals surface area contributed by atoms with E-state index in [2.05, 4.69) is 229 Å². The quantitative estimate of drug-likeness (QED) is 0.152. The van der Waals surface area contributed by atoms with Crippen molar-refractivity contribution in [3.05, 3.63) is 249 Å². The van der Waals surface area contributed by atoms with E-state index < -0.39 is 0 Å². The number of hydrogen-bond donors (Lipinski definition) is 0. The van der Waals surface area contributed by atoms with Crippen molar-refractivity contribution in [3.8, 4) is 55.6 Å². The molecule has 67 heavy (non-hydrogen) atoms. The van der Waals surface area contributed by atoms with Gasteiger partial charge in [-0.1, -0.05) is 188 Å². The predicted molar refractivity (Wildman–Crippen MR) is 280 cm³/mol. The zero-order chi connectivity index (χ0) is 44.3. The number of para-hydroxylation sites is 4. The van der Waals surface area contributed by atoms with Crippen LogP contribution in [0.25, 0.3) is 110 Å². The SMILES string of the molecule is c1cc(-c2ccc(N(c3ccc(-c4cccc(-c5cccc6c5oc5ccccc56)c4)cc3)c3ccc(-c4cccc5ccccc45)cc3)cc2)cc(-c2cccc3c2oc2ccccc23)c1. The Morgan fingerprint density at radius 3 is 1.13 bits per heavy atom. The molecule has 0 amide bonds. The van der Waals surface area contributed by atoms with Crippen molar-refractivity contribution in [1.82, 2.24) is 0 Å². The van der Waals surface area contributed by atoms with Gasteiger partial charge in [0.05, 0.1) is 0 Å². The first kappa shape index (κ1) is 38.5. The van der Waals surface area contributed by atoms with Gasteiger partial charge in [0.1, 0.15) is 22.3 Å². The average Bonchev–Trinajstić information content (AvgIpc) is 3.98. The van der Waals surface area contributed by atoms with Gasteiger partial charge in [0.25, 0.3) is 0 Å². The van der Waals surface area contributed by atoms with Gasteiger partial charge >= 0.3 is 0 Å². The van der Waals surface area contributed by atoms with E-state index in [1.165, 1.54) is 21.9 Å². The van der Waals surface area contributed by atoms with Crippen LogP contribution in [0.2, 0.25) is 0 Å². The van der Waals surface area contributed by atoms with Crippen LogP contribution in [-0.2, 0) is 0 Å². The molecule has 314 valence electrons. The van der Waals surface area contributed by atoms with E-state index in [0.29, 0.717) is 0 Å². The summed E-state index contributed by atoms with van der Waals surface area (Å²) in [4.78, 5) is 2.35. The average molecular weight is 856 g/mol. The molecule has 13 aromatic rings. The minimum atomic E-state index is 0.904. The highest BCUT2D eigenvalue weighted by molar-refractivity contribution is 6.11. The Kier molecular flexibility index (Phi) is 9.17. The van der Waals surface area contributed by atoms with Gasteiger partial charge in [-0.3, -0.25) is 0 Å². The van der Waals surface area contributed by atoms with Crippen molar-refractivity contribution < 1.29 is 8.83 Å². The van der Waals surface area contributed by atoms with Crippen molar-refractivity contribution >= 4 is 71.7 Å². The summed E-state index contributed by atoms with van der Waals surface area (Å²) in [6.07, 6.45) is 0. The summed E-state index contributed by atoms with van der Waals surface area (Å²) in [5.41, 5.74) is 18.2. The lowest BCUT2D eigenvalue weighted by atomic mass is 9.97. The molecule has 0 aliphatic heterocycles. The largest absolute Gasteiger partial charge is 0.455 e. The maximum atomic E-state index is 6.43. The van der Waals surface area contributed by atoms with Crippen LogP contribution < -0.4 is 4.90 Å². The number of rotatable bonds is 8. The van der Waals surface area contributed by atoms with Gasteiger partial charge in [-0.05, 0) is 116 Å². The molecule has 0 atom stereocenters. The van der Waals surface area contributed by atoms with E-state index in [-0.39, 0.29) is 0 Å². The first-order chi connectivity index (χ1) is 33.2. The minimum absolute atomic E-state index is 0.904. The first-order valence-corrected chi connectivity index (χ1v) is 22.8. The lowest BCUT2D eigenvalue weighted by Crippen LogP contribution is -2.09. The molecule has 0 saturated carbocycles. The molecule has 11 aromatic carbocycles. The third-order valence-corrected chi connectivity index (χ3v) is 13.3. The molecule has 0 saturated heterocycles. The Balaban J connectivity index is 0.859. The van der Waals surface area contributed by atoms with Gasteiger partial charge in [0.15, 0.2) is 0 Å². The molecule has 0 bridgehead atoms. The second-order valence-electron chi connectivity index (χ2n) is 17.2. The highest BCUT2D eigenvalue weighted by Gasteiger charge is 2.17. The molecule has 0 N–H and O–H groups in total. The van der Waals surface area contributed by atoms with E-state index in [1.807, 2.05) is 24.3 Å². The minimum Gasteiger partial charge on any atom is -0.455 e. The molecule has 0 radical (unpaired) electrons.